The molecule has 2 heterocycles. The SMILES string of the molecule is COc1cnc(N2CCC(N)CC2C)nc1. The highest BCUT2D eigenvalue weighted by molar-refractivity contribution is 5.33. The fraction of sp³-hybridized carbons (Fsp3) is 0.636. The van der Waals surface area contributed by atoms with Crippen molar-refractivity contribution in [2.24, 2.45) is 5.73 Å². The molecule has 2 rings (SSSR count). The summed E-state index contributed by atoms with van der Waals surface area (Å²) < 4.78 is 5.04. The van der Waals surface area contributed by atoms with E-state index < -0.39 is 0 Å². The van der Waals surface area contributed by atoms with E-state index in [2.05, 4.69) is 21.8 Å². The van der Waals surface area contributed by atoms with Crippen LogP contribution in [0.5, 0.6) is 5.75 Å². The van der Waals surface area contributed by atoms with E-state index in [-0.39, 0.29) is 0 Å². The van der Waals surface area contributed by atoms with Crippen molar-refractivity contribution < 1.29 is 4.74 Å². The maximum Gasteiger partial charge on any atom is 0.225 e. The lowest BCUT2D eigenvalue weighted by molar-refractivity contribution is 0.406. The Labute approximate surface area is 95.6 Å². The fourth-order valence-corrected chi connectivity index (χ4v) is 2.07. The number of ether oxygens (including phenoxy) is 1. The molecule has 1 aromatic heterocycles. The summed E-state index contributed by atoms with van der Waals surface area (Å²) in [6, 6.07) is 0.710. The molecule has 1 aromatic rings. The zero-order valence-electron chi connectivity index (χ0n) is 9.76. The Kier molecular flexibility index (Phi) is 3.24. The normalized spacial score (nSPS) is 25.6. The Morgan fingerprint density at radius 2 is 2.12 bits per heavy atom. The molecule has 1 saturated heterocycles. The number of hydrogen-bond donors (Lipinski definition) is 1. The first kappa shape index (κ1) is 11.1. The molecule has 0 radical (unpaired) electrons. The van der Waals surface area contributed by atoms with Crippen molar-refractivity contribution in [1.82, 2.24) is 9.97 Å². The van der Waals surface area contributed by atoms with Gasteiger partial charge in [-0.05, 0) is 19.8 Å². The van der Waals surface area contributed by atoms with Crippen molar-refractivity contribution in [3.05, 3.63) is 12.4 Å². The molecule has 2 atom stereocenters. The van der Waals surface area contributed by atoms with E-state index in [9.17, 15) is 0 Å². The molecule has 16 heavy (non-hydrogen) atoms. The van der Waals surface area contributed by atoms with Gasteiger partial charge in [-0.1, -0.05) is 0 Å². The van der Waals surface area contributed by atoms with Gasteiger partial charge in [0.1, 0.15) is 0 Å². The second kappa shape index (κ2) is 4.65. The predicted molar refractivity (Wildman–Crippen MR) is 62.6 cm³/mol. The van der Waals surface area contributed by atoms with E-state index in [0.29, 0.717) is 17.8 Å². The number of rotatable bonds is 2. The molecule has 0 amide bonds. The van der Waals surface area contributed by atoms with Crippen LogP contribution in [0.2, 0.25) is 0 Å². The first-order chi connectivity index (χ1) is 7.70. The Morgan fingerprint density at radius 1 is 1.44 bits per heavy atom. The molecule has 0 aromatic carbocycles. The van der Waals surface area contributed by atoms with Crippen LogP contribution >= 0.6 is 0 Å². The van der Waals surface area contributed by atoms with Gasteiger partial charge in [0.05, 0.1) is 19.5 Å². The van der Waals surface area contributed by atoms with Gasteiger partial charge in [0.15, 0.2) is 5.75 Å². The van der Waals surface area contributed by atoms with Crippen LogP contribution in [0.15, 0.2) is 12.4 Å². The van der Waals surface area contributed by atoms with Crippen LogP contribution in [0, 0.1) is 0 Å². The van der Waals surface area contributed by atoms with Gasteiger partial charge >= 0.3 is 0 Å². The lowest BCUT2D eigenvalue weighted by Gasteiger charge is -2.36. The van der Waals surface area contributed by atoms with Crippen molar-refractivity contribution in [2.75, 3.05) is 18.6 Å². The molecule has 0 spiro atoms. The van der Waals surface area contributed by atoms with E-state index in [1.807, 2.05) is 0 Å². The van der Waals surface area contributed by atoms with Gasteiger partial charge in [-0.15, -0.1) is 0 Å². The Morgan fingerprint density at radius 3 is 2.69 bits per heavy atom. The summed E-state index contributed by atoms with van der Waals surface area (Å²) in [4.78, 5) is 10.8. The topological polar surface area (TPSA) is 64.3 Å². The second-order valence-electron chi connectivity index (χ2n) is 4.25. The van der Waals surface area contributed by atoms with E-state index in [4.69, 9.17) is 10.5 Å². The van der Waals surface area contributed by atoms with Gasteiger partial charge in [-0.2, -0.15) is 0 Å². The highest BCUT2D eigenvalue weighted by Gasteiger charge is 2.24. The van der Waals surface area contributed by atoms with Crippen molar-refractivity contribution in [3.8, 4) is 5.75 Å². The first-order valence-corrected chi connectivity index (χ1v) is 5.59. The molecule has 1 aliphatic heterocycles. The highest BCUT2D eigenvalue weighted by Crippen LogP contribution is 2.21. The fourth-order valence-electron chi connectivity index (χ4n) is 2.07. The van der Waals surface area contributed by atoms with E-state index in [1.165, 1.54) is 0 Å². The van der Waals surface area contributed by atoms with Gasteiger partial charge < -0.3 is 15.4 Å². The maximum atomic E-state index is 5.92. The molecule has 1 fully saturated rings. The summed E-state index contributed by atoms with van der Waals surface area (Å²) in [7, 11) is 1.61. The zero-order chi connectivity index (χ0) is 11.5. The van der Waals surface area contributed by atoms with Crippen LogP contribution in [0.4, 0.5) is 5.95 Å². The smallest absolute Gasteiger partial charge is 0.225 e. The molecule has 0 saturated carbocycles. The van der Waals surface area contributed by atoms with Gasteiger partial charge in [0.2, 0.25) is 5.95 Å². The summed E-state index contributed by atoms with van der Waals surface area (Å²) in [5, 5.41) is 0. The molecular weight excluding hydrogens is 204 g/mol. The van der Waals surface area contributed by atoms with E-state index in [1.54, 1.807) is 19.5 Å². The van der Waals surface area contributed by atoms with E-state index >= 15 is 0 Å². The van der Waals surface area contributed by atoms with Gasteiger partial charge in [-0.3, -0.25) is 0 Å². The van der Waals surface area contributed by atoms with Gasteiger partial charge in [0.25, 0.3) is 0 Å². The third kappa shape index (κ3) is 2.24. The average Bonchev–Trinajstić information content (AvgIpc) is 2.29. The minimum atomic E-state index is 0.310. The molecule has 2 unspecified atom stereocenters. The molecule has 88 valence electrons. The Bertz CT molecular complexity index is 340. The van der Waals surface area contributed by atoms with Crippen molar-refractivity contribution in [1.29, 1.82) is 0 Å². The van der Waals surface area contributed by atoms with Crippen LogP contribution in [-0.4, -0.2) is 35.7 Å². The Balaban J connectivity index is 2.11. The number of anilines is 1. The van der Waals surface area contributed by atoms with Gasteiger partial charge in [0, 0.05) is 18.6 Å². The average molecular weight is 222 g/mol. The lowest BCUT2D eigenvalue weighted by atomic mass is 10.00. The van der Waals surface area contributed by atoms with Crippen molar-refractivity contribution >= 4 is 5.95 Å². The molecule has 5 nitrogen and oxygen atoms in total. The second-order valence-corrected chi connectivity index (χ2v) is 4.25. The molecule has 1 aliphatic rings. The lowest BCUT2D eigenvalue weighted by Crippen LogP contribution is -2.46. The minimum absolute atomic E-state index is 0.310. The number of hydrogen-bond acceptors (Lipinski definition) is 5. The number of nitrogens with two attached hydrogens (primary N) is 1. The molecule has 2 N–H and O–H groups in total. The zero-order valence-corrected chi connectivity index (χ0v) is 9.76. The predicted octanol–water partition coefficient (Wildman–Crippen LogP) is 0.801. The minimum Gasteiger partial charge on any atom is -0.494 e. The molecule has 0 bridgehead atoms. The monoisotopic (exact) mass is 222 g/mol. The summed E-state index contributed by atoms with van der Waals surface area (Å²) in [5.41, 5.74) is 5.92. The van der Waals surface area contributed by atoms with Crippen LogP contribution in [-0.2, 0) is 0 Å². The standard InChI is InChI=1S/C11H18N4O/c1-8-5-9(12)3-4-15(8)11-13-6-10(16-2)7-14-11/h6-9H,3-5,12H2,1-2H3. The van der Waals surface area contributed by atoms with E-state index in [0.717, 1.165) is 25.3 Å². The summed E-state index contributed by atoms with van der Waals surface area (Å²) in [6.07, 6.45) is 5.39. The van der Waals surface area contributed by atoms with Crippen LogP contribution < -0.4 is 15.4 Å². The Hall–Kier alpha value is -1.36. The van der Waals surface area contributed by atoms with Crippen molar-refractivity contribution in [3.63, 3.8) is 0 Å². The first-order valence-electron chi connectivity index (χ1n) is 5.59. The van der Waals surface area contributed by atoms with Crippen LogP contribution in [0.25, 0.3) is 0 Å². The number of methoxy groups -OCH3 is 1. The number of piperidine rings is 1. The quantitative estimate of drug-likeness (QED) is 0.802. The number of nitrogens with zero attached hydrogens (tertiary/aromatic N) is 3. The molecule has 5 heteroatoms. The third-order valence-electron chi connectivity index (χ3n) is 3.02. The third-order valence-corrected chi connectivity index (χ3v) is 3.02. The summed E-state index contributed by atoms with van der Waals surface area (Å²) in [5.74, 6) is 1.45. The summed E-state index contributed by atoms with van der Waals surface area (Å²) >= 11 is 0. The maximum absolute atomic E-state index is 5.92. The number of aromatic nitrogens is 2. The summed E-state index contributed by atoms with van der Waals surface area (Å²) in [6.45, 7) is 3.08. The van der Waals surface area contributed by atoms with Crippen molar-refractivity contribution in [2.45, 2.75) is 31.8 Å². The largest absolute Gasteiger partial charge is 0.494 e. The highest BCUT2D eigenvalue weighted by atomic mass is 16.5. The molecule has 0 aliphatic carbocycles. The van der Waals surface area contributed by atoms with Gasteiger partial charge in [-0.25, -0.2) is 9.97 Å². The van der Waals surface area contributed by atoms with Crippen LogP contribution in [0.3, 0.4) is 0 Å². The van der Waals surface area contributed by atoms with Crippen LogP contribution in [0.1, 0.15) is 19.8 Å². The molecular formula is C11H18N4O.